The molecule has 1 unspecified atom stereocenters. The number of carbonyl (C=O) groups is 1. The van der Waals surface area contributed by atoms with Crippen LogP contribution in [0, 0.1) is 13.8 Å². The predicted octanol–water partition coefficient (Wildman–Crippen LogP) is 2.89. The van der Waals surface area contributed by atoms with Crippen molar-refractivity contribution in [3.63, 3.8) is 0 Å². The van der Waals surface area contributed by atoms with Crippen molar-refractivity contribution in [2.75, 3.05) is 46.9 Å². The van der Waals surface area contributed by atoms with Crippen LogP contribution in [0.2, 0.25) is 0 Å². The third-order valence-electron chi connectivity index (χ3n) is 4.59. The molecule has 1 saturated heterocycles. The van der Waals surface area contributed by atoms with Crippen LogP contribution in [0.15, 0.2) is 23.2 Å². The Morgan fingerprint density at radius 2 is 2.07 bits per heavy atom. The minimum Gasteiger partial charge on any atom is -0.370 e. The lowest BCUT2D eigenvalue weighted by Gasteiger charge is -2.36. The first-order chi connectivity index (χ1) is 13.1. The molecule has 1 atom stereocenters. The van der Waals surface area contributed by atoms with Crippen LogP contribution < -0.4 is 5.32 Å². The second-order valence-corrected chi connectivity index (χ2v) is 6.93. The van der Waals surface area contributed by atoms with Crippen LogP contribution in [-0.2, 0) is 9.53 Å². The minimum atomic E-state index is -4.42. The van der Waals surface area contributed by atoms with E-state index in [1.807, 2.05) is 30.9 Å². The predicted molar refractivity (Wildman–Crippen MR) is 117 cm³/mol. The summed E-state index contributed by atoms with van der Waals surface area (Å²) in [5.74, 6) is -0.190. The number of hydrogen-bond donors (Lipinski definition) is 1. The molecule has 164 valence electrons. The summed E-state index contributed by atoms with van der Waals surface area (Å²) in [6.07, 6.45) is -4.56. The van der Waals surface area contributed by atoms with E-state index < -0.39 is 18.6 Å². The first-order valence-corrected chi connectivity index (χ1v) is 9.05. The van der Waals surface area contributed by atoms with E-state index in [0.29, 0.717) is 30.6 Å². The van der Waals surface area contributed by atoms with Crippen LogP contribution in [0.1, 0.15) is 22.8 Å². The quantitative estimate of drug-likeness (QED) is 0.371. The fraction of sp³-hybridized carbons (Fsp3) is 0.579. The van der Waals surface area contributed by atoms with Crippen molar-refractivity contribution >= 4 is 35.8 Å². The highest BCUT2D eigenvalue weighted by atomic mass is 127. The minimum absolute atomic E-state index is 0. The number of nitrogens with zero attached hydrogens (tertiary/aromatic N) is 3. The molecule has 0 radical (unpaired) electrons. The zero-order valence-electron chi connectivity index (χ0n) is 17.0. The van der Waals surface area contributed by atoms with Crippen LogP contribution in [-0.4, -0.2) is 74.7 Å². The van der Waals surface area contributed by atoms with Gasteiger partial charge in [0, 0.05) is 20.6 Å². The Kier molecular flexibility index (Phi) is 9.66. The monoisotopic (exact) mass is 528 g/mol. The zero-order valence-corrected chi connectivity index (χ0v) is 19.4. The largest absolute Gasteiger partial charge is 0.406 e. The van der Waals surface area contributed by atoms with Gasteiger partial charge in [0.05, 0.1) is 19.7 Å². The van der Waals surface area contributed by atoms with Gasteiger partial charge in [0.25, 0.3) is 0 Å². The number of amides is 1. The number of hydrogen-bond acceptors (Lipinski definition) is 3. The van der Waals surface area contributed by atoms with Gasteiger partial charge in [-0.15, -0.1) is 24.0 Å². The van der Waals surface area contributed by atoms with Crippen molar-refractivity contribution in [3.05, 3.63) is 34.9 Å². The van der Waals surface area contributed by atoms with Gasteiger partial charge in [0.1, 0.15) is 12.6 Å². The van der Waals surface area contributed by atoms with E-state index >= 15 is 0 Å². The maximum Gasteiger partial charge on any atom is 0.406 e. The molecule has 1 amide bonds. The molecule has 0 spiro atoms. The van der Waals surface area contributed by atoms with Crippen molar-refractivity contribution in [1.29, 1.82) is 0 Å². The van der Waals surface area contributed by atoms with Crippen molar-refractivity contribution in [1.82, 2.24) is 15.1 Å². The Morgan fingerprint density at radius 1 is 1.38 bits per heavy atom. The smallest absolute Gasteiger partial charge is 0.370 e. The van der Waals surface area contributed by atoms with Gasteiger partial charge in [0.15, 0.2) is 5.96 Å². The maximum absolute atomic E-state index is 12.4. The number of ether oxygens (including phenoxy) is 1. The number of aryl methyl sites for hydroxylation is 2. The molecule has 0 bridgehead atoms. The molecule has 1 fully saturated rings. The highest BCUT2D eigenvalue weighted by molar-refractivity contribution is 14.0. The molecule has 0 aromatic heterocycles. The first kappa shape index (κ1) is 25.5. The molecule has 1 aliphatic rings. The Hall–Kier alpha value is -1.56. The van der Waals surface area contributed by atoms with E-state index in [0.717, 1.165) is 18.2 Å². The molecular formula is C19H28F3IN4O2. The lowest BCUT2D eigenvalue weighted by Crippen LogP contribution is -2.51. The molecule has 1 aromatic carbocycles. The van der Waals surface area contributed by atoms with Gasteiger partial charge < -0.3 is 19.9 Å². The number of carbonyl (C=O) groups excluding carboxylic acids is 1. The summed E-state index contributed by atoms with van der Waals surface area (Å²) < 4.78 is 43.2. The Labute approximate surface area is 186 Å². The number of aliphatic imine (C=N–C) groups is 1. The van der Waals surface area contributed by atoms with Crippen molar-refractivity contribution in [3.8, 4) is 0 Å². The number of nitrogens with one attached hydrogen (secondary N) is 1. The van der Waals surface area contributed by atoms with E-state index in [1.165, 1.54) is 5.56 Å². The fourth-order valence-electron chi connectivity index (χ4n) is 3.20. The SMILES string of the molecule is CN=C(NCC(=O)N(C)CC(F)(F)F)N1CCOC(c2ccc(C)cc2C)C1.I. The Morgan fingerprint density at radius 3 is 2.66 bits per heavy atom. The highest BCUT2D eigenvalue weighted by Crippen LogP contribution is 2.26. The third-order valence-corrected chi connectivity index (χ3v) is 4.59. The summed E-state index contributed by atoms with van der Waals surface area (Å²) in [6.45, 7) is 4.13. The molecule has 0 aliphatic carbocycles. The molecular weight excluding hydrogens is 500 g/mol. The Bertz CT molecular complexity index is 728. The fourth-order valence-corrected chi connectivity index (χ4v) is 3.20. The number of morpholine rings is 1. The molecule has 1 N–H and O–H groups in total. The highest BCUT2D eigenvalue weighted by Gasteiger charge is 2.31. The molecule has 6 nitrogen and oxygen atoms in total. The first-order valence-electron chi connectivity index (χ1n) is 9.05. The van der Waals surface area contributed by atoms with Crippen LogP contribution >= 0.6 is 24.0 Å². The van der Waals surface area contributed by atoms with Gasteiger partial charge in [-0.2, -0.15) is 13.2 Å². The maximum atomic E-state index is 12.4. The average Bonchev–Trinajstić information content (AvgIpc) is 2.61. The number of halogens is 4. The van der Waals surface area contributed by atoms with Crippen molar-refractivity contribution < 1.29 is 22.7 Å². The average molecular weight is 528 g/mol. The van der Waals surface area contributed by atoms with Crippen LogP contribution in [0.4, 0.5) is 13.2 Å². The topological polar surface area (TPSA) is 57.2 Å². The van der Waals surface area contributed by atoms with Gasteiger partial charge in [-0.05, 0) is 25.0 Å². The van der Waals surface area contributed by atoms with Crippen LogP contribution in [0.3, 0.4) is 0 Å². The van der Waals surface area contributed by atoms with Crippen LogP contribution in [0.25, 0.3) is 0 Å². The number of guanidine groups is 1. The second kappa shape index (κ2) is 11.0. The molecule has 2 rings (SSSR count). The normalized spacial score (nSPS) is 17.6. The van der Waals surface area contributed by atoms with Gasteiger partial charge >= 0.3 is 6.18 Å². The molecule has 1 aromatic rings. The summed E-state index contributed by atoms with van der Waals surface area (Å²) in [4.78, 5) is 18.7. The zero-order chi connectivity index (χ0) is 20.9. The molecule has 10 heteroatoms. The summed E-state index contributed by atoms with van der Waals surface area (Å²) in [5, 5.41) is 2.86. The van der Waals surface area contributed by atoms with E-state index in [2.05, 4.69) is 16.4 Å². The number of alkyl halides is 3. The van der Waals surface area contributed by atoms with Gasteiger partial charge in [-0.1, -0.05) is 23.8 Å². The third kappa shape index (κ3) is 7.65. The van der Waals surface area contributed by atoms with Gasteiger partial charge in [-0.25, -0.2) is 0 Å². The molecule has 1 heterocycles. The van der Waals surface area contributed by atoms with E-state index in [9.17, 15) is 18.0 Å². The van der Waals surface area contributed by atoms with Crippen molar-refractivity contribution in [2.24, 2.45) is 4.99 Å². The molecule has 1 aliphatic heterocycles. The Balaban J connectivity index is 0.00000420. The number of likely N-dealkylation sites (N-methyl/N-ethyl adjacent to an activating group) is 1. The molecule has 0 saturated carbocycles. The van der Waals surface area contributed by atoms with E-state index in [4.69, 9.17) is 4.74 Å². The second-order valence-electron chi connectivity index (χ2n) is 6.93. The van der Waals surface area contributed by atoms with Crippen molar-refractivity contribution in [2.45, 2.75) is 26.1 Å². The summed E-state index contributed by atoms with van der Waals surface area (Å²) in [7, 11) is 2.71. The van der Waals surface area contributed by atoms with Crippen LogP contribution in [0.5, 0.6) is 0 Å². The standard InChI is InChI=1S/C19H27F3N4O2.HI/c1-13-5-6-15(14(2)9-13)16-11-26(7-8-28-16)18(23-3)24-10-17(27)25(4)12-19(20,21)22;/h5-6,9,16H,7-8,10-12H2,1-4H3,(H,23,24);1H. The van der Waals surface area contributed by atoms with E-state index in [-0.39, 0.29) is 36.6 Å². The van der Waals surface area contributed by atoms with Gasteiger partial charge in [0.2, 0.25) is 5.91 Å². The lowest BCUT2D eigenvalue weighted by atomic mass is 10.00. The number of rotatable bonds is 4. The number of benzene rings is 1. The van der Waals surface area contributed by atoms with E-state index in [1.54, 1.807) is 7.05 Å². The van der Waals surface area contributed by atoms with Gasteiger partial charge in [-0.3, -0.25) is 9.79 Å². The summed E-state index contributed by atoms with van der Waals surface area (Å²) >= 11 is 0. The molecule has 29 heavy (non-hydrogen) atoms. The lowest BCUT2D eigenvalue weighted by molar-refractivity contribution is -0.157. The summed E-state index contributed by atoms with van der Waals surface area (Å²) in [6, 6.07) is 6.18. The summed E-state index contributed by atoms with van der Waals surface area (Å²) in [5.41, 5.74) is 3.40.